The molecule has 282 valence electrons. The van der Waals surface area contributed by atoms with Gasteiger partial charge in [0, 0.05) is 47.0 Å². The summed E-state index contributed by atoms with van der Waals surface area (Å²) in [4.78, 5) is 48.3. The van der Waals surface area contributed by atoms with Crippen LogP contribution in [0.25, 0.3) is 22.8 Å². The molecule has 2 saturated carbocycles. The number of anilines is 2. The Balaban J connectivity index is 0.930. The van der Waals surface area contributed by atoms with Crippen LogP contribution in [0.3, 0.4) is 0 Å². The van der Waals surface area contributed by atoms with Crippen molar-refractivity contribution in [3.05, 3.63) is 83.9 Å². The predicted molar refractivity (Wildman–Crippen MR) is 200 cm³/mol. The number of halogens is 2. The van der Waals surface area contributed by atoms with Gasteiger partial charge in [-0.2, -0.15) is 0 Å². The zero-order valence-corrected chi connectivity index (χ0v) is 31.1. The van der Waals surface area contributed by atoms with Crippen molar-refractivity contribution in [2.24, 2.45) is 17.8 Å². The van der Waals surface area contributed by atoms with Gasteiger partial charge in [0.25, 0.3) is 0 Å². The SMILES string of the molecule is Cc1ccc(NC(=O)N2CC3CCC2C(CO[C@@H](C)[C@@]24C[C@@H](C)C[C@@H](C2)N4C(=O)Nc2ccc(C)c(-c4ncc(F)cn4)c2)C3)cc1-c1ncc(F)cn1. The van der Waals surface area contributed by atoms with Gasteiger partial charge in [0.2, 0.25) is 0 Å². The van der Waals surface area contributed by atoms with Crippen LogP contribution < -0.4 is 10.6 Å². The van der Waals surface area contributed by atoms with Crippen LogP contribution in [0.4, 0.5) is 29.7 Å². The highest BCUT2D eigenvalue weighted by molar-refractivity contribution is 5.92. The molecule has 2 aromatic heterocycles. The van der Waals surface area contributed by atoms with Crippen molar-refractivity contribution >= 4 is 23.4 Å². The van der Waals surface area contributed by atoms with E-state index >= 15 is 0 Å². The second-order valence-corrected chi connectivity index (χ2v) is 15.9. The number of ether oxygens (including phenoxy) is 1. The summed E-state index contributed by atoms with van der Waals surface area (Å²) in [5, 5.41) is 6.23. The Bertz CT molecular complexity index is 2050. The molecule has 5 fully saturated rings. The third-order valence-corrected chi connectivity index (χ3v) is 12.2. The van der Waals surface area contributed by atoms with E-state index in [1.165, 1.54) is 0 Å². The van der Waals surface area contributed by atoms with E-state index in [2.05, 4.69) is 44.4 Å². The second kappa shape index (κ2) is 14.3. The van der Waals surface area contributed by atoms with E-state index in [1.807, 2.05) is 60.0 Å². The Morgan fingerprint density at radius 1 is 0.852 bits per heavy atom. The molecule has 7 atom stereocenters. The molecule has 2 aromatic carbocycles. The van der Waals surface area contributed by atoms with E-state index in [4.69, 9.17) is 4.74 Å². The van der Waals surface area contributed by atoms with E-state index in [1.54, 1.807) is 0 Å². The number of piperidine rings is 3. The van der Waals surface area contributed by atoms with Crippen molar-refractivity contribution in [3.63, 3.8) is 0 Å². The number of urea groups is 2. The van der Waals surface area contributed by atoms with Crippen LogP contribution in [0.5, 0.6) is 0 Å². The number of aryl methyl sites for hydroxylation is 2. The van der Waals surface area contributed by atoms with E-state index in [0.717, 1.165) is 85.6 Å². The fourth-order valence-electron chi connectivity index (χ4n) is 9.60. The molecule has 4 amide bonds. The number of carbonyl (C=O) groups excluding carboxylic acids is 2. The molecule has 2 N–H and O–H groups in total. The summed E-state index contributed by atoms with van der Waals surface area (Å²) in [5.74, 6) is 0.823. The van der Waals surface area contributed by atoms with Crippen LogP contribution in [-0.2, 0) is 4.74 Å². The van der Waals surface area contributed by atoms with Gasteiger partial charge >= 0.3 is 12.1 Å². The number of likely N-dealkylation sites (tertiary alicyclic amines) is 1. The minimum absolute atomic E-state index is 0.0460. The van der Waals surface area contributed by atoms with Crippen LogP contribution in [0.15, 0.2) is 61.2 Å². The van der Waals surface area contributed by atoms with Gasteiger partial charge in [0.05, 0.1) is 43.0 Å². The first-order chi connectivity index (χ1) is 26.0. The molecule has 11 nitrogen and oxygen atoms in total. The number of hydrogen-bond acceptors (Lipinski definition) is 7. The quantitative estimate of drug-likeness (QED) is 0.188. The summed E-state index contributed by atoms with van der Waals surface area (Å²) in [6, 6.07) is 11.1. The molecule has 9 rings (SSSR count). The molecule has 13 heteroatoms. The van der Waals surface area contributed by atoms with Crippen molar-refractivity contribution < 1.29 is 23.1 Å². The third kappa shape index (κ3) is 6.78. The van der Waals surface area contributed by atoms with Crippen LogP contribution in [-0.4, -0.2) is 78.7 Å². The van der Waals surface area contributed by atoms with E-state index < -0.39 is 17.2 Å². The largest absolute Gasteiger partial charge is 0.376 e. The van der Waals surface area contributed by atoms with Gasteiger partial charge in [-0.25, -0.2) is 38.3 Å². The summed E-state index contributed by atoms with van der Waals surface area (Å²) in [6.45, 7) is 9.41. The zero-order valence-electron chi connectivity index (χ0n) is 31.1. The Kier molecular flexibility index (Phi) is 9.53. The standard InChI is InChI=1S/C41H46F2N8O3/c1-23-11-33-16-41(15-23,51(33)40(53)49-32-9-6-25(3)35(14-32)38-46-19-30(43)20-47-38)26(4)54-22-28-12-27-7-10-36(28)50(21-27)39(52)48-31-8-5-24(2)34(13-31)37-44-17-29(42)18-45-37/h5-6,8-9,13-14,17-20,23,26-28,33,36H,7,10-12,15-16,21-22H2,1-4H3,(H,48,52)(H,49,53)/t23-,26-,27?,28?,33-,36?,41+/m0/s1. The molecule has 54 heavy (non-hydrogen) atoms. The molecule has 3 saturated heterocycles. The Labute approximate surface area is 314 Å². The summed E-state index contributed by atoms with van der Waals surface area (Å²) >= 11 is 0. The fourth-order valence-corrected chi connectivity index (χ4v) is 9.60. The molecular weight excluding hydrogens is 690 g/mol. The average Bonchev–Trinajstić information content (AvgIpc) is 3.16. The number of nitrogens with zero attached hydrogens (tertiary/aromatic N) is 6. The van der Waals surface area contributed by atoms with Crippen molar-refractivity contribution in [2.45, 2.75) is 89.9 Å². The van der Waals surface area contributed by atoms with Gasteiger partial charge in [-0.15, -0.1) is 0 Å². The normalized spacial score (nSPS) is 26.2. The summed E-state index contributed by atoms with van der Waals surface area (Å²) in [5.41, 5.74) is 4.12. The van der Waals surface area contributed by atoms with Crippen molar-refractivity contribution in [1.82, 2.24) is 29.7 Å². The summed E-state index contributed by atoms with van der Waals surface area (Å²) in [7, 11) is 0. The number of rotatable bonds is 8. The summed E-state index contributed by atoms with van der Waals surface area (Å²) < 4.78 is 33.7. The molecule has 0 spiro atoms. The van der Waals surface area contributed by atoms with Crippen molar-refractivity contribution in [1.29, 1.82) is 0 Å². The molecule has 4 aromatic rings. The molecular formula is C41H46F2N8O3. The maximum Gasteiger partial charge on any atom is 0.322 e. The van der Waals surface area contributed by atoms with Crippen LogP contribution in [0.2, 0.25) is 0 Å². The van der Waals surface area contributed by atoms with Gasteiger partial charge in [-0.3, -0.25) is 0 Å². The number of nitrogens with one attached hydrogen (secondary N) is 2. The Hall–Kier alpha value is -5.04. The van der Waals surface area contributed by atoms with E-state index in [9.17, 15) is 18.4 Å². The first kappa shape index (κ1) is 36.0. The number of benzene rings is 2. The van der Waals surface area contributed by atoms with Crippen LogP contribution >= 0.6 is 0 Å². The summed E-state index contributed by atoms with van der Waals surface area (Å²) in [6.07, 6.45) is 10.0. The van der Waals surface area contributed by atoms with Gasteiger partial charge in [0.15, 0.2) is 23.3 Å². The van der Waals surface area contributed by atoms with Gasteiger partial charge in [-0.05, 0) is 107 Å². The Morgan fingerprint density at radius 2 is 1.43 bits per heavy atom. The van der Waals surface area contributed by atoms with Crippen LogP contribution in [0, 0.1) is 43.2 Å². The molecule has 0 radical (unpaired) electrons. The van der Waals surface area contributed by atoms with Gasteiger partial charge in [0.1, 0.15) is 0 Å². The number of amides is 4. The van der Waals surface area contributed by atoms with E-state index in [-0.39, 0.29) is 36.2 Å². The lowest BCUT2D eigenvalue weighted by Gasteiger charge is -2.65. The zero-order chi connectivity index (χ0) is 37.7. The number of hydrogen-bond donors (Lipinski definition) is 2. The number of aromatic nitrogens is 4. The molecule has 3 unspecified atom stereocenters. The lowest BCUT2D eigenvalue weighted by Crippen LogP contribution is -2.76. The molecule has 3 aliphatic heterocycles. The molecule has 4 bridgehead atoms. The second-order valence-electron chi connectivity index (χ2n) is 15.9. The third-order valence-electron chi connectivity index (χ3n) is 12.2. The first-order valence-corrected chi connectivity index (χ1v) is 18.9. The molecule has 5 aliphatic rings. The average molecular weight is 737 g/mol. The smallest absolute Gasteiger partial charge is 0.322 e. The van der Waals surface area contributed by atoms with Crippen molar-refractivity contribution in [3.8, 4) is 22.8 Å². The number of carbonyl (C=O) groups is 2. The Morgan fingerprint density at radius 3 is 2.00 bits per heavy atom. The minimum Gasteiger partial charge on any atom is -0.376 e. The minimum atomic E-state index is -0.506. The van der Waals surface area contributed by atoms with Crippen molar-refractivity contribution in [2.75, 3.05) is 23.8 Å². The van der Waals surface area contributed by atoms with Gasteiger partial charge in [-0.1, -0.05) is 19.1 Å². The van der Waals surface area contributed by atoms with Crippen LogP contribution in [0.1, 0.15) is 63.5 Å². The topological polar surface area (TPSA) is 125 Å². The highest BCUT2D eigenvalue weighted by atomic mass is 19.1. The molecule has 2 aliphatic carbocycles. The highest BCUT2D eigenvalue weighted by Gasteiger charge is 2.61. The van der Waals surface area contributed by atoms with E-state index in [0.29, 0.717) is 48.0 Å². The monoisotopic (exact) mass is 736 g/mol. The highest BCUT2D eigenvalue weighted by Crippen LogP contribution is 2.53. The lowest BCUT2D eigenvalue weighted by atomic mass is 9.62. The molecule has 5 heterocycles. The lowest BCUT2D eigenvalue weighted by molar-refractivity contribution is -0.172. The predicted octanol–water partition coefficient (Wildman–Crippen LogP) is 8.01. The maximum atomic E-state index is 14.0. The van der Waals surface area contributed by atoms with Gasteiger partial charge < -0.3 is 25.2 Å². The first-order valence-electron chi connectivity index (χ1n) is 18.9. The maximum absolute atomic E-state index is 14.0. The fraction of sp³-hybridized carbons (Fsp3) is 0.463. The number of fused-ring (bicyclic) bond motifs is 5.